The van der Waals surface area contributed by atoms with Crippen molar-refractivity contribution in [2.75, 3.05) is 39.6 Å². The molecule has 27 heavy (non-hydrogen) atoms. The van der Waals surface area contributed by atoms with Gasteiger partial charge in [-0.25, -0.2) is 0 Å². The van der Waals surface area contributed by atoms with Crippen LogP contribution in [-0.4, -0.2) is 50.4 Å². The van der Waals surface area contributed by atoms with Crippen molar-refractivity contribution in [2.45, 2.75) is 6.04 Å². The number of halogens is 1. The second-order valence-electron chi connectivity index (χ2n) is 6.50. The molecule has 2 heterocycles. The summed E-state index contributed by atoms with van der Waals surface area (Å²) in [7, 11) is 0. The minimum atomic E-state index is -0.142. The molecule has 1 N–H and O–H groups in total. The van der Waals surface area contributed by atoms with Crippen LogP contribution in [0.3, 0.4) is 0 Å². The lowest BCUT2D eigenvalue weighted by molar-refractivity contribution is 0.0162. The van der Waals surface area contributed by atoms with Crippen molar-refractivity contribution in [3.63, 3.8) is 0 Å². The van der Waals surface area contributed by atoms with Gasteiger partial charge in [0.05, 0.1) is 19.3 Å². The summed E-state index contributed by atoms with van der Waals surface area (Å²) in [5.41, 5.74) is 1.63. The van der Waals surface area contributed by atoms with E-state index in [0.717, 1.165) is 30.2 Å². The highest BCUT2D eigenvalue weighted by atomic mass is 35.5. The van der Waals surface area contributed by atoms with Crippen molar-refractivity contribution in [2.24, 2.45) is 0 Å². The summed E-state index contributed by atoms with van der Waals surface area (Å²) >= 11 is 6.00. The standard InChI is InChI=1S/C20H21ClN2O4/c21-16-3-1-2-15(10-16)20(24)22-12-17(23-6-8-25-9-7-23)14-4-5-18-19(11-14)27-13-26-18/h1-5,10-11,17H,6-9,12-13H2,(H,22,24)/t17-/m1/s1. The van der Waals surface area contributed by atoms with Crippen LogP contribution in [0.2, 0.25) is 5.02 Å². The van der Waals surface area contributed by atoms with Crippen molar-refractivity contribution in [1.29, 1.82) is 0 Å². The summed E-state index contributed by atoms with van der Waals surface area (Å²) in [6, 6.07) is 12.9. The zero-order valence-corrected chi connectivity index (χ0v) is 15.6. The number of fused-ring (bicyclic) bond motifs is 1. The van der Waals surface area contributed by atoms with E-state index in [0.29, 0.717) is 30.3 Å². The first-order valence-electron chi connectivity index (χ1n) is 8.96. The number of ether oxygens (including phenoxy) is 3. The van der Waals surface area contributed by atoms with Crippen molar-refractivity contribution >= 4 is 17.5 Å². The highest BCUT2D eigenvalue weighted by Crippen LogP contribution is 2.35. The fourth-order valence-electron chi connectivity index (χ4n) is 3.39. The third-order valence-electron chi connectivity index (χ3n) is 4.81. The fourth-order valence-corrected chi connectivity index (χ4v) is 3.58. The van der Waals surface area contributed by atoms with Gasteiger partial charge in [-0.2, -0.15) is 0 Å². The number of nitrogens with one attached hydrogen (secondary N) is 1. The lowest BCUT2D eigenvalue weighted by atomic mass is 10.0. The first-order valence-corrected chi connectivity index (χ1v) is 9.33. The third-order valence-corrected chi connectivity index (χ3v) is 5.05. The van der Waals surface area contributed by atoms with Crippen molar-refractivity contribution < 1.29 is 19.0 Å². The average molecular weight is 389 g/mol. The van der Waals surface area contributed by atoms with Crippen molar-refractivity contribution in [3.05, 3.63) is 58.6 Å². The Morgan fingerprint density at radius 3 is 2.74 bits per heavy atom. The van der Waals surface area contributed by atoms with E-state index in [9.17, 15) is 4.79 Å². The van der Waals surface area contributed by atoms with Gasteiger partial charge in [-0.3, -0.25) is 9.69 Å². The molecular weight excluding hydrogens is 368 g/mol. The average Bonchev–Trinajstić information content (AvgIpc) is 3.17. The van der Waals surface area contributed by atoms with Gasteiger partial charge in [0.15, 0.2) is 11.5 Å². The molecular formula is C20H21ClN2O4. The van der Waals surface area contributed by atoms with Gasteiger partial charge in [-0.05, 0) is 35.9 Å². The predicted octanol–water partition coefficient (Wildman–Crippen LogP) is 2.87. The maximum atomic E-state index is 12.5. The smallest absolute Gasteiger partial charge is 0.251 e. The third kappa shape index (κ3) is 4.18. The minimum absolute atomic E-state index is 0.0199. The zero-order chi connectivity index (χ0) is 18.6. The number of amides is 1. The number of morpholine rings is 1. The minimum Gasteiger partial charge on any atom is -0.454 e. The molecule has 1 saturated heterocycles. The van der Waals surface area contributed by atoms with Crippen LogP contribution in [0.25, 0.3) is 0 Å². The topological polar surface area (TPSA) is 60.0 Å². The van der Waals surface area contributed by atoms with Crippen LogP contribution in [-0.2, 0) is 4.74 Å². The van der Waals surface area contributed by atoms with Gasteiger partial charge < -0.3 is 19.5 Å². The molecule has 1 fully saturated rings. The molecule has 0 aromatic heterocycles. The van der Waals surface area contributed by atoms with E-state index in [2.05, 4.69) is 10.2 Å². The van der Waals surface area contributed by atoms with E-state index in [1.54, 1.807) is 24.3 Å². The quantitative estimate of drug-likeness (QED) is 0.853. The molecule has 0 aliphatic carbocycles. The Balaban J connectivity index is 1.52. The van der Waals surface area contributed by atoms with Gasteiger partial charge in [-0.15, -0.1) is 0 Å². The van der Waals surface area contributed by atoms with Crippen LogP contribution in [0.1, 0.15) is 22.0 Å². The Morgan fingerprint density at radius 2 is 1.93 bits per heavy atom. The molecule has 6 nitrogen and oxygen atoms in total. The Hall–Kier alpha value is -2.28. The van der Waals surface area contributed by atoms with Gasteiger partial charge in [0.2, 0.25) is 6.79 Å². The molecule has 2 aliphatic rings. The molecule has 2 aromatic carbocycles. The van der Waals surface area contributed by atoms with E-state index in [1.165, 1.54) is 0 Å². The Kier molecular flexibility index (Phi) is 5.48. The number of benzene rings is 2. The number of carbonyl (C=O) groups is 1. The molecule has 1 atom stereocenters. The molecule has 7 heteroatoms. The Morgan fingerprint density at radius 1 is 1.11 bits per heavy atom. The van der Waals surface area contributed by atoms with E-state index in [1.807, 2.05) is 18.2 Å². The number of hydrogen-bond donors (Lipinski definition) is 1. The van der Waals surface area contributed by atoms with Crippen molar-refractivity contribution in [1.82, 2.24) is 10.2 Å². The lowest BCUT2D eigenvalue weighted by Gasteiger charge is -2.35. The molecule has 2 aromatic rings. The van der Waals surface area contributed by atoms with Gasteiger partial charge in [0, 0.05) is 30.2 Å². The maximum Gasteiger partial charge on any atom is 0.251 e. The molecule has 0 bridgehead atoms. The summed E-state index contributed by atoms with van der Waals surface area (Å²) < 4.78 is 16.4. The summed E-state index contributed by atoms with van der Waals surface area (Å²) in [5.74, 6) is 1.35. The molecule has 4 rings (SSSR count). The van der Waals surface area contributed by atoms with Crippen LogP contribution in [0.15, 0.2) is 42.5 Å². The zero-order valence-electron chi connectivity index (χ0n) is 14.8. The molecule has 1 amide bonds. The monoisotopic (exact) mass is 388 g/mol. The van der Waals surface area contributed by atoms with Crippen LogP contribution >= 0.6 is 11.6 Å². The number of hydrogen-bond acceptors (Lipinski definition) is 5. The Bertz CT molecular complexity index is 823. The summed E-state index contributed by atoms with van der Waals surface area (Å²) in [6.07, 6.45) is 0. The van der Waals surface area contributed by atoms with Crippen LogP contribution in [0.5, 0.6) is 11.5 Å². The van der Waals surface area contributed by atoms with E-state index in [-0.39, 0.29) is 18.7 Å². The first kappa shape index (κ1) is 18.1. The molecule has 0 unspecified atom stereocenters. The number of rotatable bonds is 5. The molecule has 0 saturated carbocycles. The van der Waals surface area contributed by atoms with Gasteiger partial charge in [-0.1, -0.05) is 23.7 Å². The van der Waals surface area contributed by atoms with Crippen LogP contribution in [0.4, 0.5) is 0 Å². The number of carbonyl (C=O) groups excluding carboxylic acids is 1. The molecule has 142 valence electrons. The SMILES string of the molecule is O=C(NC[C@H](c1ccc2c(c1)OCO2)N1CCOCC1)c1cccc(Cl)c1. The summed E-state index contributed by atoms with van der Waals surface area (Å²) in [5, 5.41) is 3.58. The highest BCUT2D eigenvalue weighted by molar-refractivity contribution is 6.30. The molecule has 0 spiro atoms. The largest absolute Gasteiger partial charge is 0.454 e. The van der Waals surface area contributed by atoms with Crippen LogP contribution < -0.4 is 14.8 Å². The predicted molar refractivity (Wildman–Crippen MR) is 101 cm³/mol. The number of nitrogens with zero attached hydrogens (tertiary/aromatic N) is 1. The van der Waals surface area contributed by atoms with Crippen molar-refractivity contribution in [3.8, 4) is 11.5 Å². The van der Waals surface area contributed by atoms with E-state index in [4.69, 9.17) is 25.8 Å². The highest BCUT2D eigenvalue weighted by Gasteiger charge is 2.25. The lowest BCUT2D eigenvalue weighted by Crippen LogP contribution is -2.43. The van der Waals surface area contributed by atoms with Gasteiger partial charge >= 0.3 is 0 Å². The molecule has 2 aliphatic heterocycles. The summed E-state index contributed by atoms with van der Waals surface area (Å²) in [6.45, 7) is 3.71. The van der Waals surface area contributed by atoms with Gasteiger partial charge in [0.25, 0.3) is 5.91 Å². The fraction of sp³-hybridized carbons (Fsp3) is 0.350. The molecule has 0 radical (unpaired) electrons. The first-order chi connectivity index (χ1) is 13.2. The second kappa shape index (κ2) is 8.17. The van der Waals surface area contributed by atoms with E-state index < -0.39 is 0 Å². The maximum absolute atomic E-state index is 12.5. The second-order valence-corrected chi connectivity index (χ2v) is 6.93. The summed E-state index contributed by atoms with van der Waals surface area (Å²) in [4.78, 5) is 14.9. The Labute approximate surface area is 163 Å². The normalized spacial score (nSPS) is 17.5. The van der Waals surface area contributed by atoms with Gasteiger partial charge in [0.1, 0.15) is 0 Å². The van der Waals surface area contributed by atoms with E-state index >= 15 is 0 Å². The van der Waals surface area contributed by atoms with Crippen LogP contribution in [0, 0.1) is 0 Å².